The molecule has 0 saturated carbocycles. The van der Waals surface area contributed by atoms with Crippen molar-refractivity contribution in [2.75, 3.05) is 19.4 Å². The minimum atomic E-state index is -3.54. The molecule has 1 amide bonds. The third-order valence-electron chi connectivity index (χ3n) is 6.62. The molecule has 1 heterocycles. The lowest BCUT2D eigenvalue weighted by atomic mass is 10.0. The first kappa shape index (κ1) is 22.6. The summed E-state index contributed by atoms with van der Waals surface area (Å²) in [6.45, 7) is 2.70. The summed E-state index contributed by atoms with van der Waals surface area (Å²) in [6.07, 6.45) is 2.85. The number of imidazole rings is 1. The minimum Gasteiger partial charge on any atom is -0.328 e. The van der Waals surface area contributed by atoms with Crippen LogP contribution in [0.5, 0.6) is 0 Å². The molecule has 4 aromatic rings. The second kappa shape index (κ2) is 8.52. The first-order chi connectivity index (χ1) is 16.3. The maximum Gasteiger partial charge on any atom is 0.242 e. The van der Waals surface area contributed by atoms with Crippen molar-refractivity contribution in [1.29, 1.82) is 0 Å². The summed E-state index contributed by atoms with van der Waals surface area (Å²) in [5, 5.41) is 5.46. The average Bonchev–Trinajstić information content (AvgIpc) is 3.40. The van der Waals surface area contributed by atoms with Gasteiger partial charge in [-0.25, -0.2) is 17.7 Å². The summed E-state index contributed by atoms with van der Waals surface area (Å²) in [5.74, 6) is 0.705. The van der Waals surface area contributed by atoms with Crippen LogP contribution in [0.15, 0.2) is 53.4 Å². The predicted octanol–water partition coefficient (Wildman–Crippen LogP) is 4.13. The van der Waals surface area contributed by atoms with Gasteiger partial charge in [0.2, 0.25) is 15.9 Å². The molecule has 5 rings (SSSR count). The van der Waals surface area contributed by atoms with Crippen molar-refractivity contribution in [3.05, 3.63) is 65.5 Å². The summed E-state index contributed by atoms with van der Waals surface area (Å²) < 4.78 is 28.2. The Morgan fingerprint density at radius 3 is 2.59 bits per heavy atom. The van der Waals surface area contributed by atoms with Crippen LogP contribution >= 0.6 is 0 Å². The SMILES string of the molecule is CCn1c(CCC(=O)Nc2ccc3c4c(cccc24)CC3)nc2cc(S(=O)(=O)N(C)C)ccc21. The lowest BCUT2D eigenvalue weighted by molar-refractivity contribution is -0.116. The van der Waals surface area contributed by atoms with Gasteiger partial charge >= 0.3 is 0 Å². The van der Waals surface area contributed by atoms with Gasteiger partial charge in [0.15, 0.2) is 0 Å². The number of nitrogens with zero attached hydrogens (tertiary/aromatic N) is 3. The van der Waals surface area contributed by atoms with E-state index in [0.717, 1.165) is 35.3 Å². The van der Waals surface area contributed by atoms with E-state index in [1.165, 1.54) is 34.9 Å². The molecule has 1 aliphatic carbocycles. The Bertz CT molecular complexity index is 1530. The number of hydrogen-bond acceptors (Lipinski definition) is 4. The number of aryl methyl sites for hydroxylation is 4. The molecule has 1 aliphatic rings. The fourth-order valence-corrected chi connectivity index (χ4v) is 5.79. The zero-order chi connectivity index (χ0) is 24.0. The molecule has 3 aromatic carbocycles. The Balaban J connectivity index is 1.37. The van der Waals surface area contributed by atoms with Crippen molar-refractivity contribution in [1.82, 2.24) is 13.9 Å². The molecule has 34 heavy (non-hydrogen) atoms. The largest absolute Gasteiger partial charge is 0.328 e. The van der Waals surface area contributed by atoms with Crippen LogP contribution in [0.2, 0.25) is 0 Å². The average molecular weight is 477 g/mol. The van der Waals surface area contributed by atoms with Gasteiger partial charge in [0.25, 0.3) is 0 Å². The zero-order valence-corrected chi connectivity index (χ0v) is 20.4. The Labute approximate surface area is 199 Å². The Morgan fingerprint density at radius 2 is 1.85 bits per heavy atom. The van der Waals surface area contributed by atoms with E-state index in [4.69, 9.17) is 0 Å². The van der Waals surface area contributed by atoms with Crippen LogP contribution in [-0.2, 0) is 40.6 Å². The molecule has 7 nitrogen and oxygen atoms in total. The number of rotatable bonds is 7. The summed E-state index contributed by atoms with van der Waals surface area (Å²) >= 11 is 0. The van der Waals surface area contributed by atoms with Gasteiger partial charge in [0.1, 0.15) is 5.82 Å². The molecular weight excluding hydrogens is 448 g/mol. The van der Waals surface area contributed by atoms with E-state index in [-0.39, 0.29) is 17.2 Å². The molecule has 1 aromatic heterocycles. The standard InChI is InChI=1S/C26H28N4O3S/c1-4-30-23-13-11-19(34(32,33)29(2)3)16-22(23)27-24(30)14-15-25(31)28-21-12-10-18-9-8-17-6-5-7-20(21)26(17)18/h5-7,10-13,16H,4,8-9,14-15H2,1-3H3,(H,28,31). The highest BCUT2D eigenvalue weighted by Gasteiger charge is 2.20. The van der Waals surface area contributed by atoms with Crippen molar-refractivity contribution in [3.63, 3.8) is 0 Å². The summed E-state index contributed by atoms with van der Waals surface area (Å²) in [5.41, 5.74) is 5.01. The monoisotopic (exact) mass is 476 g/mol. The molecule has 0 saturated heterocycles. The lowest BCUT2D eigenvalue weighted by Crippen LogP contribution is -2.22. The van der Waals surface area contributed by atoms with Crippen molar-refractivity contribution >= 4 is 43.4 Å². The molecule has 176 valence electrons. The van der Waals surface area contributed by atoms with Gasteiger partial charge < -0.3 is 9.88 Å². The normalized spacial score (nSPS) is 13.3. The number of hydrogen-bond donors (Lipinski definition) is 1. The number of sulfonamides is 1. The van der Waals surface area contributed by atoms with Crippen LogP contribution in [0.4, 0.5) is 5.69 Å². The first-order valence-corrected chi connectivity index (χ1v) is 13.0. The Morgan fingerprint density at radius 1 is 1.09 bits per heavy atom. The number of carbonyl (C=O) groups is 1. The van der Waals surface area contributed by atoms with Crippen molar-refractivity contribution in [3.8, 4) is 0 Å². The van der Waals surface area contributed by atoms with E-state index in [1.807, 2.05) is 17.6 Å². The summed E-state index contributed by atoms with van der Waals surface area (Å²) in [6, 6.07) is 15.4. The van der Waals surface area contributed by atoms with Crippen LogP contribution < -0.4 is 5.32 Å². The summed E-state index contributed by atoms with van der Waals surface area (Å²) in [4.78, 5) is 17.7. The molecule has 0 unspecified atom stereocenters. The molecule has 0 bridgehead atoms. The fourth-order valence-electron chi connectivity index (χ4n) is 4.87. The number of amides is 1. The number of carbonyl (C=O) groups excluding carboxylic acids is 1. The van der Waals surface area contributed by atoms with Gasteiger partial charge in [-0.3, -0.25) is 4.79 Å². The highest BCUT2D eigenvalue weighted by molar-refractivity contribution is 7.89. The van der Waals surface area contributed by atoms with Gasteiger partial charge in [-0.2, -0.15) is 0 Å². The lowest BCUT2D eigenvalue weighted by Gasteiger charge is -2.11. The molecule has 0 atom stereocenters. The van der Waals surface area contributed by atoms with Crippen LogP contribution in [0.1, 0.15) is 30.3 Å². The minimum absolute atomic E-state index is 0.0655. The second-order valence-electron chi connectivity index (χ2n) is 8.87. The van der Waals surface area contributed by atoms with Crippen LogP contribution in [0, 0.1) is 0 Å². The van der Waals surface area contributed by atoms with Crippen LogP contribution in [-0.4, -0.2) is 42.3 Å². The topological polar surface area (TPSA) is 84.3 Å². The number of aromatic nitrogens is 2. The van der Waals surface area contributed by atoms with Crippen molar-refractivity contribution in [2.24, 2.45) is 0 Å². The van der Waals surface area contributed by atoms with Gasteiger partial charge in [-0.15, -0.1) is 0 Å². The fraction of sp³-hybridized carbons (Fsp3) is 0.308. The van der Waals surface area contributed by atoms with Crippen LogP contribution in [0.25, 0.3) is 21.8 Å². The molecule has 0 aliphatic heterocycles. The molecule has 8 heteroatoms. The van der Waals surface area contributed by atoms with E-state index >= 15 is 0 Å². The third-order valence-corrected chi connectivity index (χ3v) is 8.43. The number of benzene rings is 3. The van der Waals surface area contributed by atoms with Crippen LogP contribution in [0.3, 0.4) is 0 Å². The maximum atomic E-state index is 12.9. The number of fused-ring (bicyclic) bond motifs is 1. The van der Waals surface area contributed by atoms with Gasteiger partial charge in [-0.05, 0) is 60.5 Å². The zero-order valence-electron chi connectivity index (χ0n) is 19.6. The highest BCUT2D eigenvalue weighted by atomic mass is 32.2. The van der Waals surface area contributed by atoms with Gasteiger partial charge in [-0.1, -0.05) is 24.3 Å². The van der Waals surface area contributed by atoms with Gasteiger partial charge in [0.05, 0.1) is 15.9 Å². The van der Waals surface area contributed by atoms with Crippen molar-refractivity contribution < 1.29 is 13.2 Å². The van der Waals surface area contributed by atoms with E-state index in [9.17, 15) is 13.2 Å². The van der Waals surface area contributed by atoms with E-state index in [0.29, 0.717) is 18.5 Å². The second-order valence-corrected chi connectivity index (χ2v) is 11.0. The number of anilines is 1. The maximum absolute atomic E-state index is 12.9. The molecule has 1 N–H and O–H groups in total. The first-order valence-electron chi connectivity index (χ1n) is 11.5. The predicted molar refractivity (Wildman–Crippen MR) is 135 cm³/mol. The smallest absolute Gasteiger partial charge is 0.242 e. The van der Waals surface area contributed by atoms with E-state index in [1.54, 1.807) is 18.2 Å². The third kappa shape index (κ3) is 3.76. The van der Waals surface area contributed by atoms with E-state index in [2.05, 4.69) is 34.6 Å². The van der Waals surface area contributed by atoms with E-state index < -0.39 is 10.0 Å². The number of nitrogens with one attached hydrogen (secondary N) is 1. The Hall–Kier alpha value is -3.23. The molecule has 0 spiro atoms. The quantitative estimate of drug-likeness (QED) is 0.435. The van der Waals surface area contributed by atoms with Crippen molar-refractivity contribution in [2.45, 2.75) is 44.0 Å². The van der Waals surface area contributed by atoms with Gasteiger partial charge in [0, 0.05) is 44.6 Å². The Kier molecular flexibility index (Phi) is 5.65. The molecule has 0 fully saturated rings. The summed E-state index contributed by atoms with van der Waals surface area (Å²) in [7, 11) is -0.518. The molecule has 0 radical (unpaired) electrons. The molecular formula is C26H28N4O3S. The highest BCUT2D eigenvalue weighted by Crippen LogP contribution is 2.35.